The number of methoxy groups -OCH3 is 1. The summed E-state index contributed by atoms with van der Waals surface area (Å²) in [6.45, 7) is 9.14. The first-order chi connectivity index (χ1) is 29.8. The van der Waals surface area contributed by atoms with Gasteiger partial charge in [-0.15, -0.1) is 0 Å². The zero-order chi connectivity index (χ0) is 45.6. The topological polar surface area (TPSA) is 210 Å². The van der Waals surface area contributed by atoms with E-state index >= 15 is 4.79 Å². The van der Waals surface area contributed by atoms with Crippen molar-refractivity contribution in [2.75, 3.05) is 13.7 Å². The minimum absolute atomic E-state index is 0.0989. The molecule has 11 atom stereocenters. The molecule has 0 radical (unpaired) electrons. The maximum absolute atomic E-state index is 15.6. The predicted octanol–water partition coefficient (Wildman–Crippen LogP) is 5.23. The molecule has 3 fully saturated rings. The molecular formula is C48H53NO14. The summed E-state index contributed by atoms with van der Waals surface area (Å²) in [5.74, 6) is -6.40. The molecule has 15 heteroatoms. The molecule has 3 aromatic carbocycles. The summed E-state index contributed by atoms with van der Waals surface area (Å²) in [6, 6.07) is 23.3. The Morgan fingerprint density at radius 2 is 1.44 bits per heavy atom. The van der Waals surface area contributed by atoms with Crippen molar-refractivity contribution in [3.8, 4) is 0 Å². The Labute approximate surface area is 365 Å². The first-order valence-electron chi connectivity index (χ1n) is 20.9. The van der Waals surface area contributed by atoms with Crippen LogP contribution in [0, 0.1) is 22.7 Å². The number of carbonyl (C=O) groups is 6. The molecule has 1 aliphatic heterocycles. The van der Waals surface area contributed by atoms with Gasteiger partial charge in [0.15, 0.2) is 11.7 Å². The summed E-state index contributed by atoms with van der Waals surface area (Å²) in [5.41, 5.74) is -5.74. The molecule has 1 amide bonds. The van der Waals surface area contributed by atoms with Gasteiger partial charge in [-0.25, -0.2) is 14.4 Å². The summed E-state index contributed by atoms with van der Waals surface area (Å²) >= 11 is 0. The Hall–Kier alpha value is -5.90. The Bertz CT molecular complexity index is 2300. The number of fused-ring (bicyclic) bond motifs is 5. The molecule has 1 heterocycles. The van der Waals surface area contributed by atoms with Crippen LogP contribution < -0.4 is 5.32 Å². The van der Waals surface area contributed by atoms with Gasteiger partial charge in [0.1, 0.15) is 35.8 Å². The summed E-state index contributed by atoms with van der Waals surface area (Å²) in [6.07, 6.45) is -9.04. The van der Waals surface area contributed by atoms with Gasteiger partial charge in [-0.1, -0.05) is 87.5 Å². The highest BCUT2D eigenvalue weighted by Crippen LogP contribution is 2.65. The van der Waals surface area contributed by atoms with Crippen LogP contribution >= 0.6 is 0 Å². The van der Waals surface area contributed by atoms with Gasteiger partial charge in [0.05, 0.1) is 36.7 Å². The highest BCUT2D eigenvalue weighted by Gasteiger charge is 2.78. The van der Waals surface area contributed by atoms with E-state index in [-0.39, 0.29) is 24.2 Å². The molecule has 3 N–H and O–H groups in total. The first kappa shape index (κ1) is 45.1. The molecule has 0 aromatic heterocycles. The summed E-state index contributed by atoms with van der Waals surface area (Å²) < 4.78 is 35.5. The minimum Gasteiger partial charge on any atom is -0.456 e. The van der Waals surface area contributed by atoms with Crippen LogP contribution in [-0.2, 0) is 42.8 Å². The van der Waals surface area contributed by atoms with E-state index in [9.17, 15) is 34.2 Å². The summed E-state index contributed by atoms with van der Waals surface area (Å²) in [4.78, 5) is 83.8. The maximum Gasteiger partial charge on any atom is 0.508 e. The van der Waals surface area contributed by atoms with E-state index in [0.29, 0.717) is 16.7 Å². The number of nitrogens with one attached hydrogen (secondary N) is 1. The number of rotatable bonds is 10. The Morgan fingerprint density at radius 3 is 2.00 bits per heavy atom. The number of carbonyl (C=O) groups excluding carboxylic acids is 6. The number of benzene rings is 3. The third kappa shape index (κ3) is 7.59. The Morgan fingerprint density at radius 1 is 0.857 bits per heavy atom. The van der Waals surface area contributed by atoms with Crippen molar-refractivity contribution in [3.63, 3.8) is 0 Å². The lowest BCUT2D eigenvalue weighted by Gasteiger charge is -2.67. The van der Waals surface area contributed by atoms with Crippen molar-refractivity contribution in [1.82, 2.24) is 5.32 Å². The molecule has 1 saturated heterocycles. The summed E-state index contributed by atoms with van der Waals surface area (Å²) in [5, 5.41) is 28.3. The largest absolute Gasteiger partial charge is 0.508 e. The number of Topliss-reactive ketones (excluding diaryl/α,β-unsaturated/α-hetero) is 1. The van der Waals surface area contributed by atoms with Crippen LogP contribution in [0.25, 0.3) is 0 Å². The first-order valence-corrected chi connectivity index (χ1v) is 20.9. The second-order valence-corrected chi connectivity index (χ2v) is 17.6. The van der Waals surface area contributed by atoms with Gasteiger partial charge in [-0.3, -0.25) is 14.4 Å². The van der Waals surface area contributed by atoms with Crippen LogP contribution in [0.3, 0.4) is 0 Å². The lowest BCUT2D eigenvalue weighted by atomic mass is 9.43. The normalized spacial score (nSPS) is 31.5. The number of amides is 1. The zero-order valence-electron chi connectivity index (χ0n) is 36.2. The quantitative estimate of drug-likeness (QED) is 0.135. The van der Waals surface area contributed by atoms with Crippen LogP contribution in [0.15, 0.2) is 102 Å². The lowest BCUT2D eigenvalue weighted by molar-refractivity contribution is -0.345. The number of aliphatic hydroxyl groups is 2. The fourth-order valence-electron chi connectivity index (χ4n) is 10.8. The highest BCUT2D eigenvalue weighted by atomic mass is 16.7. The van der Waals surface area contributed by atoms with Gasteiger partial charge in [0.2, 0.25) is 0 Å². The average molecular weight is 868 g/mol. The number of aliphatic hydroxyl groups excluding tert-OH is 1. The molecule has 2 saturated carbocycles. The fraction of sp³-hybridized carbons (Fsp3) is 0.458. The molecule has 4 aliphatic rings. The van der Waals surface area contributed by atoms with Gasteiger partial charge in [-0.05, 0) is 54.8 Å². The SMILES string of the molecule is COC(=O)O[C@H]1C[C@H]2OC[C@@]2(OC(C)=O)C2[C@H](OC(=O)c3ccccc3)[C@]3(O)C[C@H](OC(=O)[C@H](O)[C@@H](NC(=O)c4ccccc4)c4ccccc4)C(C)=C([C@@H](C)C(=O)[C@@]21C)C3(C)C. The highest BCUT2D eigenvalue weighted by molar-refractivity contribution is 5.95. The molecule has 63 heavy (non-hydrogen) atoms. The average Bonchev–Trinajstić information content (AvgIpc) is 3.26. The van der Waals surface area contributed by atoms with Gasteiger partial charge >= 0.3 is 24.1 Å². The number of ketones is 1. The molecule has 334 valence electrons. The molecule has 15 nitrogen and oxygen atoms in total. The molecular weight excluding hydrogens is 815 g/mol. The van der Waals surface area contributed by atoms with E-state index in [0.717, 1.165) is 7.11 Å². The van der Waals surface area contributed by atoms with Gasteiger partial charge < -0.3 is 44.0 Å². The molecule has 3 aromatic rings. The van der Waals surface area contributed by atoms with E-state index in [1.807, 2.05) is 0 Å². The minimum atomic E-state index is -2.26. The van der Waals surface area contributed by atoms with Gasteiger partial charge in [0, 0.05) is 36.7 Å². The molecule has 7 rings (SSSR count). The zero-order valence-corrected chi connectivity index (χ0v) is 36.2. The van der Waals surface area contributed by atoms with Gasteiger partial charge in [-0.2, -0.15) is 0 Å². The number of esters is 3. The van der Waals surface area contributed by atoms with Crippen molar-refractivity contribution >= 4 is 35.8 Å². The van der Waals surface area contributed by atoms with Crippen molar-refractivity contribution < 1.29 is 67.4 Å². The van der Waals surface area contributed by atoms with Crippen LogP contribution in [0.5, 0.6) is 0 Å². The molecule has 1 unspecified atom stereocenters. The standard InChI is InChI=1S/C48H53NO14/c1-26-32(60-43(55)37(51)36(29-17-11-8-12-18-29)49-41(53)30-19-13-9-14-20-30)24-48(57)40(62-42(54)31-21-15-10-16-22-31)38-46(6,39(52)27(2)35(26)45(48,4)5)33(61-44(56)58-7)23-34-47(38,25-59-34)63-28(3)50/h8-22,27,32-34,36-38,40,51,57H,23-25H2,1-7H3,(H,49,53)/t27-,32+,33+,34-,36+,37-,38?,40+,46-,47+,48-/m1/s1. The number of hydrogen-bond acceptors (Lipinski definition) is 14. The van der Waals surface area contributed by atoms with Crippen LogP contribution in [-0.4, -0.2) is 101 Å². The monoisotopic (exact) mass is 867 g/mol. The van der Waals surface area contributed by atoms with E-state index < -0.39 is 113 Å². The van der Waals surface area contributed by atoms with E-state index in [2.05, 4.69) is 5.32 Å². The van der Waals surface area contributed by atoms with E-state index in [1.54, 1.807) is 113 Å². The number of ether oxygens (including phenoxy) is 6. The van der Waals surface area contributed by atoms with Crippen LogP contribution in [0.1, 0.15) is 86.7 Å². The van der Waals surface area contributed by atoms with Gasteiger partial charge in [0.25, 0.3) is 5.91 Å². The van der Waals surface area contributed by atoms with E-state index in [4.69, 9.17) is 28.4 Å². The third-order valence-corrected chi connectivity index (χ3v) is 13.9. The Kier molecular flexibility index (Phi) is 12.2. The number of hydrogen-bond donors (Lipinski definition) is 3. The maximum atomic E-state index is 15.6. The smallest absolute Gasteiger partial charge is 0.456 e. The lowest BCUT2D eigenvalue weighted by Crippen LogP contribution is -2.81. The van der Waals surface area contributed by atoms with Crippen molar-refractivity contribution in [2.24, 2.45) is 22.7 Å². The second-order valence-electron chi connectivity index (χ2n) is 17.6. The third-order valence-electron chi connectivity index (χ3n) is 13.9. The van der Waals surface area contributed by atoms with Crippen LogP contribution in [0.4, 0.5) is 4.79 Å². The Balaban J connectivity index is 1.37. The fourth-order valence-corrected chi connectivity index (χ4v) is 10.8. The van der Waals surface area contributed by atoms with Crippen molar-refractivity contribution in [3.05, 3.63) is 119 Å². The predicted molar refractivity (Wildman–Crippen MR) is 223 cm³/mol. The van der Waals surface area contributed by atoms with Crippen LogP contribution in [0.2, 0.25) is 0 Å². The molecule has 2 bridgehead atoms. The van der Waals surface area contributed by atoms with Crippen molar-refractivity contribution in [1.29, 1.82) is 0 Å². The second kappa shape index (κ2) is 17.0. The van der Waals surface area contributed by atoms with Crippen molar-refractivity contribution in [2.45, 2.75) is 102 Å². The molecule has 3 aliphatic carbocycles. The molecule has 0 spiro atoms. The van der Waals surface area contributed by atoms with E-state index in [1.165, 1.54) is 19.1 Å². The summed E-state index contributed by atoms with van der Waals surface area (Å²) in [7, 11) is 1.11.